The average molecular weight is 396 g/mol. The molecule has 1 saturated heterocycles. The van der Waals surface area contributed by atoms with Crippen LogP contribution in [0.15, 0.2) is 48.5 Å². The average Bonchev–Trinajstić information content (AvgIpc) is 2.73. The highest BCUT2D eigenvalue weighted by molar-refractivity contribution is 5.96. The standard InChI is InChI=1S/C23H29N3O3/c1-23(2,3)17-9-11-18(12-10-17)24-22(28)26-15-13-25(14-16-26)20-8-6-5-7-19(20)21(27)29-4/h5-12H,13-16H2,1-4H3,(H,24,28). The van der Waals surface area contributed by atoms with Crippen LogP contribution in [0.3, 0.4) is 0 Å². The van der Waals surface area contributed by atoms with Crippen molar-refractivity contribution < 1.29 is 14.3 Å². The van der Waals surface area contributed by atoms with Crippen molar-refractivity contribution in [1.29, 1.82) is 0 Å². The summed E-state index contributed by atoms with van der Waals surface area (Å²) in [4.78, 5) is 28.6. The second-order valence-corrected chi connectivity index (χ2v) is 8.24. The molecule has 2 aromatic rings. The fraction of sp³-hybridized carbons (Fsp3) is 0.391. The molecule has 6 heteroatoms. The van der Waals surface area contributed by atoms with Crippen molar-refractivity contribution in [2.24, 2.45) is 0 Å². The Hall–Kier alpha value is -3.02. The molecule has 0 aliphatic carbocycles. The molecule has 1 heterocycles. The van der Waals surface area contributed by atoms with Crippen LogP contribution in [0, 0.1) is 0 Å². The van der Waals surface area contributed by atoms with Gasteiger partial charge in [0.1, 0.15) is 0 Å². The molecule has 1 N–H and O–H groups in total. The Morgan fingerprint density at radius 2 is 1.55 bits per heavy atom. The Labute approximate surface area is 172 Å². The normalized spacial score (nSPS) is 14.5. The molecule has 2 amide bonds. The molecule has 3 rings (SSSR count). The number of hydrogen-bond acceptors (Lipinski definition) is 4. The van der Waals surface area contributed by atoms with E-state index in [1.54, 1.807) is 11.0 Å². The van der Waals surface area contributed by atoms with Gasteiger partial charge < -0.3 is 19.9 Å². The predicted octanol–water partition coefficient (Wildman–Crippen LogP) is 4.12. The summed E-state index contributed by atoms with van der Waals surface area (Å²) in [5, 5.41) is 2.98. The van der Waals surface area contributed by atoms with Gasteiger partial charge in [-0.05, 0) is 35.2 Å². The first-order chi connectivity index (χ1) is 13.8. The summed E-state index contributed by atoms with van der Waals surface area (Å²) in [7, 11) is 1.38. The number of nitrogens with zero attached hydrogens (tertiary/aromatic N) is 2. The van der Waals surface area contributed by atoms with Gasteiger partial charge in [-0.25, -0.2) is 9.59 Å². The zero-order valence-corrected chi connectivity index (χ0v) is 17.6. The van der Waals surface area contributed by atoms with Gasteiger partial charge in [-0.3, -0.25) is 0 Å². The number of methoxy groups -OCH3 is 1. The van der Waals surface area contributed by atoms with Crippen molar-refractivity contribution in [3.05, 3.63) is 59.7 Å². The summed E-state index contributed by atoms with van der Waals surface area (Å²) in [5.74, 6) is -0.348. The third kappa shape index (κ3) is 4.88. The molecule has 0 spiro atoms. The first-order valence-electron chi connectivity index (χ1n) is 9.88. The molecule has 0 unspecified atom stereocenters. The van der Waals surface area contributed by atoms with Crippen LogP contribution in [-0.4, -0.2) is 50.2 Å². The Balaban J connectivity index is 1.60. The monoisotopic (exact) mass is 395 g/mol. The van der Waals surface area contributed by atoms with Gasteiger partial charge in [-0.2, -0.15) is 0 Å². The van der Waals surface area contributed by atoms with E-state index in [-0.39, 0.29) is 17.4 Å². The molecule has 0 radical (unpaired) electrons. The number of para-hydroxylation sites is 1. The number of rotatable bonds is 3. The number of piperazine rings is 1. The number of anilines is 2. The van der Waals surface area contributed by atoms with Gasteiger partial charge >= 0.3 is 12.0 Å². The van der Waals surface area contributed by atoms with E-state index in [4.69, 9.17) is 4.74 Å². The number of urea groups is 1. The van der Waals surface area contributed by atoms with Crippen molar-refractivity contribution in [3.63, 3.8) is 0 Å². The first kappa shape index (κ1) is 20.7. The minimum Gasteiger partial charge on any atom is -0.465 e. The maximum Gasteiger partial charge on any atom is 0.339 e. The van der Waals surface area contributed by atoms with Crippen molar-refractivity contribution >= 4 is 23.4 Å². The molecule has 1 aliphatic heterocycles. The largest absolute Gasteiger partial charge is 0.465 e. The van der Waals surface area contributed by atoms with Crippen LogP contribution in [0.2, 0.25) is 0 Å². The molecule has 1 aliphatic rings. The lowest BCUT2D eigenvalue weighted by Gasteiger charge is -2.36. The van der Waals surface area contributed by atoms with Gasteiger partial charge in [-0.15, -0.1) is 0 Å². The summed E-state index contributed by atoms with van der Waals surface area (Å²) in [6, 6.07) is 15.3. The molecule has 2 aromatic carbocycles. The van der Waals surface area contributed by atoms with E-state index in [1.807, 2.05) is 30.3 Å². The van der Waals surface area contributed by atoms with Gasteiger partial charge in [0.25, 0.3) is 0 Å². The maximum absolute atomic E-state index is 12.6. The lowest BCUT2D eigenvalue weighted by molar-refractivity contribution is 0.0601. The number of nitrogens with one attached hydrogen (secondary N) is 1. The summed E-state index contributed by atoms with van der Waals surface area (Å²) in [6.45, 7) is 8.98. The number of benzene rings is 2. The van der Waals surface area contributed by atoms with Gasteiger partial charge in [0.05, 0.1) is 18.4 Å². The Morgan fingerprint density at radius 3 is 2.14 bits per heavy atom. The molecular weight excluding hydrogens is 366 g/mol. The number of esters is 1. The zero-order chi connectivity index (χ0) is 21.0. The Kier molecular flexibility index (Phi) is 6.11. The number of hydrogen-bond donors (Lipinski definition) is 1. The van der Waals surface area contributed by atoms with Gasteiger partial charge in [-0.1, -0.05) is 45.0 Å². The van der Waals surface area contributed by atoms with Crippen LogP contribution in [0.4, 0.5) is 16.2 Å². The van der Waals surface area contributed by atoms with Crippen LogP contribution in [-0.2, 0) is 10.2 Å². The van der Waals surface area contributed by atoms with E-state index in [1.165, 1.54) is 12.7 Å². The van der Waals surface area contributed by atoms with E-state index in [0.29, 0.717) is 31.7 Å². The molecule has 0 saturated carbocycles. The van der Waals surface area contributed by atoms with Gasteiger partial charge in [0.15, 0.2) is 0 Å². The topological polar surface area (TPSA) is 61.9 Å². The van der Waals surface area contributed by atoms with Crippen molar-refractivity contribution in [1.82, 2.24) is 4.90 Å². The van der Waals surface area contributed by atoms with E-state index in [2.05, 4.69) is 43.1 Å². The van der Waals surface area contributed by atoms with E-state index >= 15 is 0 Å². The molecular formula is C23H29N3O3. The quantitative estimate of drug-likeness (QED) is 0.794. The molecule has 29 heavy (non-hydrogen) atoms. The Morgan fingerprint density at radius 1 is 0.931 bits per heavy atom. The summed E-state index contributed by atoms with van der Waals surface area (Å²) in [6.07, 6.45) is 0. The minimum atomic E-state index is -0.348. The summed E-state index contributed by atoms with van der Waals surface area (Å²) < 4.78 is 4.88. The van der Waals surface area contributed by atoms with Crippen molar-refractivity contribution in [3.8, 4) is 0 Å². The number of carbonyl (C=O) groups excluding carboxylic acids is 2. The minimum absolute atomic E-state index is 0.0827. The fourth-order valence-corrected chi connectivity index (χ4v) is 3.44. The number of amides is 2. The summed E-state index contributed by atoms with van der Waals surface area (Å²) in [5.41, 5.74) is 3.50. The highest BCUT2D eigenvalue weighted by Gasteiger charge is 2.24. The van der Waals surface area contributed by atoms with Crippen LogP contribution in [0.25, 0.3) is 0 Å². The lowest BCUT2D eigenvalue weighted by Crippen LogP contribution is -2.50. The highest BCUT2D eigenvalue weighted by Crippen LogP contribution is 2.25. The van der Waals surface area contributed by atoms with Crippen molar-refractivity contribution in [2.75, 3.05) is 43.5 Å². The molecule has 0 bridgehead atoms. The fourth-order valence-electron chi connectivity index (χ4n) is 3.44. The SMILES string of the molecule is COC(=O)c1ccccc1N1CCN(C(=O)Nc2ccc(C(C)(C)C)cc2)CC1. The molecule has 6 nitrogen and oxygen atoms in total. The second kappa shape index (κ2) is 8.55. The molecule has 0 atom stereocenters. The molecule has 0 aromatic heterocycles. The summed E-state index contributed by atoms with van der Waals surface area (Å²) >= 11 is 0. The smallest absolute Gasteiger partial charge is 0.339 e. The van der Waals surface area contributed by atoms with Crippen molar-refractivity contribution in [2.45, 2.75) is 26.2 Å². The van der Waals surface area contributed by atoms with E-state index in [9.17, 15) is 9.59 Å². The highest BCUT2D eigenvalue weighted by atomic mass is 16.5. The Bertz CT molecular complexity index is 864. The third-order valence-electron chi connectivity index (χ3n) is 5.22. The van der Waals surface area contributed by atoms with Crippen LogP contribution < -0.4 is 10.2 Å². The predicted molar refractivity (Wildman–Crippen MR) is 116 cm³/mol. The van der Waals surface area contributed by atoms with Gasteiger partial charge in [0, 0.05) is 31.9 Å². The lowest BCUT2D eigenvalue weighted by atomic mass is 9.87. The van der Waals surface area contributed by atoms with E-state index < -0.39 is 0 Å². The number of carbonyl (C=O) groups is 2. The van der Waals surface area contributed by atoms with Crippen LogP contribution in [0.1, 0.15) is 36.7 Å². The third-order valence-corrected chi connectivity index (χ3v) is 5.22. The van der Waals surface area contributed by atoms with Crippen LogP contribution >= 0.6 is 0 Å². The molecule has 154 valence electrons. The van der Waals surface area contributed by atoms with Crippen LogP contribution in [0.5, 0.6) is 0 Å². The maximum atomic E-state index is 12.6. The van der Waals surface area contributed by atoms with Gasteiger partial charge in [0.2, 0.25) is 0 Å². The first-order valence-corrected chi connectivity index (χ1v) is 9.88. The number of ether oxygens (including phenoxy) is 1. The zero-order valence-electron chi connectivity index (χ0n) is 17.6. The molecule has 1 fully saturated rings. The second-order valence-electron chi connectivity index (χ2n) is 8.24. The van der Waals surface area contributed by atoms with E-state index in [0.717, 1.165) is 11.4 Å².